The molecule has 2 N–H and O–H groups in total. The molecule has 2 aliphatic heterocycles. The van der Waals surface area contributed by atoms with E-state index < -0.39 is 17.8 Å². The number of carbonyl (C=O) groups is 3. The molecule has 122 valence electrons. The molecule has 0 saturated carbocycles. The number of nitrogens with zero attached hydrogens (tertiary/aromatic N) is 1. The molecular formula is C15H16FN3O4. The molecule has 1 fully saturated rings. The smallest absolute Gasteiger partial charge is 0.409 e. The minimum atomic E-state index is -0.736. The highest BCUT2D eigenvalue weighted by molar-refractivity contribution is 6.01. The molecule has 1 saturated heterocycles. The molecule has 23 heavy (non-hydrogen) atoms. The number of rotatable bonds is 4. The van der Waals surface area contributed by atoms with Crippen molar-refractivity contribution < 1.29 is 23.5 Å². The topological polar surface area (TPSA) is 87.7 Å². The van der Waals surface area contributed by atoms with Gasteiger partial charge in [0, 0.05) is 25.2 Å². The Labute approximate surface area is 131 Å². The zero-order chi connectivity index (χ0) is 16.4. The van der Waals surface area contributed by atoms with Gasteiger partial charge in [-0.3, -0.25) is 9.59 Å². The number of hydrogen-bond donors (Lipinski definition) is 2. The van der Waals surface area contributed by atoms with Gasteiger partial charge in [-0.25, -0.2) is 9.18 Å². The summed E-state index contributed by atoms with van der Waals surface area (Å²) in [6.45, 7) is 1.42. The highest BCUT2D eigenvalue weighted by Gasteiger charge is 2.31. The fourth-order valence-electron chi connectivity index (χ4n) is 2.73. The summed E-state index contributed by atoms with van der Waals surface area (Å²) in [5.41, 5.74) is 0.911. The van der Waals surface area contributed by atoms with E-state index in [2.05, 4.69) is 10.6 Å². The summed E-state index contributed by atoms with van der Waals surface area (Å²) in [6, 6.07) is 3.94. The fourth-order valence-corrected chi connectivity index (χ4v) is 2.73. The molecule has 1 aromatic carbocycles. The van der Waals surface area contributed by atoms with E-state index in [1.165, 1.54) is 23.1 Å². The van der Waals surface area contributed by atoms with Crippen LogP contribution in [0.3, 0.4) is 0 Å². The monoisotopic (exact) mass is 321 g/mol. The zero-order valence-corrected chi connectivity index (χ0v) is 12.3. The predicted molar refractivity (Wildman–Crippen MR) is 78.3 cm³/mol. The third-order valence-corrected chi connectivity index (χ3v) is 3.90. The van der Waals surface area contributed by atoms with Crippen LogP contribution in [0.25, 0.3) is 0 Å². The van der Waals surface area contributed by atoms with Gasteiger partial charge in [0.25, 0.3) is 0 Å². The number of ether oxygens (including phenoxy) is 1. The number of benzene rings is 1. The van der Waals surface area contributed by atoms with E-state index in [-0.39, 0.29) is 24.8 Å². The molecule has 2 heterocycles. The lowest BCUT2D eigenvalue weighted by molar-refractivity contribution is -0.126. The number of halogens is 1. The van der Waals surface area contributed by atoms with Crippen LogP contribution < -0.4 is 10.6 Å². The Hall–Kier alpha value is -2.64. The number of fused-ring (bicyclic) bond motifs is 1. The maximum Gasteiger partial charge on any atom is 0.409 e. The fraction of sp³-hybridized carbons (Fsp3) is 0.400. The molecule has 3 amide bonds. The van der Waals surface area contributed by atoms with Crippen LogP contribution in [0.15, 0.2) is 18.2 Å². The van der Waals surface area contributed by atoms with Gasteiger partial charge in [-0.05, 0) is 23.8 Å². The highest BCUT2D eigenvalue weighted by Crippen LogP contribution is 2.32. The highest BCUT2D eigenvalue weighted by atomic mass is 19.1. The Morgan fingerprint density at radius 3 is 3.00 bits per heavy atom. The maximum atomic E-state index is 13.4. The van der Waals surface area contributed by atoms with E-state index in [1.54, 1.807) is 0 Å². The summed E-state index contributed by atoms with van der Waals surface area (Å²) >= 11 is 0. The van der Waals surface area contributed by atoms with Crippen molar-refractivity contribution in [1.29, 1.82) is 0 Å². The number of cyclic esters (lactones) is 1. The van der Waals surface area contributed by atoms with Crippen LogP contribution >= 0.6 is 0 Å². The van der Waals surface area contributed by atoms with Gasteiger partial charge in [0.15, 0.2) is 0 Å². The third-order valence-electron chi connectivity index (χ3n) is 3.90. The predicted octanol–water partition coefficient (Wildman–Crippen LogP) is 0.820. The van der Waals surface area contributed by atoms with Gasteiger partial charge in [0.1, 0.15) is 12.4 Å². The molecule has 1 atom stereocenters. The SMILES string of the molecule is O=C1C[C@@H](C(=O)NCCN2CCOC2=O)c2cc(F)ccc2N1. The zero-order valence-electron chi connectivity index (χ0n) is 12.3. The standard InChI is InChI=1S/C15H16FN3O4/c16-9-1-2-12-10(7-9)11(8-13(20)18-12)14(21)17-3-4-19-5-6-23-15(19)22/h1-2,7,11H,3-6,8H2,(H,17,21)(H,18,20)/t11-/m1/s1. The number of carbonyl (C=O) groups excluding carboxylic acids is 3. The average molecular weight is 321 g/mol. The largest absolute Gasteiger partial charge is 0.448 e. The molecule has 0 spiro atoms. The number of anilines is 1. The van der Waals surface area contributed by atoms with Crippen molar-refractivity contribution in [2.75, 3.05) is 31.6 Å². The molecular weight excluding hydrogens is 305 g/mol. The van der Waals surface area contributed by atoms with Crippen molar-refractivity contribution in [3.05, 3.63) is 29.6 Å². The third kappa shape index (κ3) is 3.25. The van der Waals surface area contributed by atoms with Crippen LogP contribution in [-0.2, 0) is 14.3 Å². The van der Waals surface area contributed by atoms with Crippen molar-refractivity contribution in [3.8, 4) is 0 Å². The second-order valence-corrected chi connectivity index (χ2v) is 5.43. The molecule has 8 heteroatoms. The number of nitrogens with one attached hydrogen (secondary N) is 2. The van der Waals surface area contributed by atoms with E-state index in [1.807, 2.05) is 0 Å². The van der Waals surface area contributed by atoms with Crippen molar-refractivity contribution in [2.24, 2.45) is 0 Å². The second kappa shape index (κ2) is 6.23. The molecule has 0 unspecified atom stereocenters. The van der Waals surface area contributed by atoms with Gasteiger partial charge in [0.2, 0.25) is 11.8 Å². The molecule has 2 aliphatic rings. The Morgan fingerprint density at radius 1 is 1.43 bits per heavy atom. The first-order valence-corrected chi connectivity index (χ1v) is 7.33. The minimum absolute atomic E-state index is 0.0337. The van der Waals surface area contributed by atoms with Crippen molar-refractivity contribution >= 4 is 23.6 Å². The summed E-state index contributed by atoms with van der Waals surface area (Å²) in [7, 11) is 0. The lowest BCUT2D eigenvalue weighted by atomic mass is 9.89. The Balaban J connectivity index is 1.64. The van der Waals surface area contributed by atoms with Crippen LogP contribution in [0.2, 0.25) is 0 Å². The van der Waals surface area contributed by atoms with E-state index in [0.29, 0.717) is 30.9 Å². The van der Waals surface area contributed by atoms with E-state index in [0.717, 1.165) is 0 Å². The molecule has 0 bridgehead atoms. The Kier molecular flexibility index (Phi) is 4.14. The summed E-state index contributed by atoms with van der Waals surface area (Å²) in [4.78, 5) is 36.8. The first-order valence-electron chi connectivity index (χ1n) is 7.33. The Morgan fingerprint density at radius 2 is 2.26 bits per heavy atom. The number of amides is 3. The van der Waals surface area contributed by atoms with Crippen LogP contribution in [0, 0.1) is 5.82 Å². The van der Waals surface area contributed by atoms with Crippen molar-refractivity contribution in [1.82, 2.24) is 10.2 Å². The molecule has 0 aliphatic carbocycles. The molecule has 1 aromatic rings. The van der Waals surface area contributed by atoms with Gasteiger partial charge >= 0.3 is 6.09 Å². The quantitative estimate of drug-likeness (QED) is 0.859. The van der Waals surface area contributed by atoms with Gasteiger partial charge < -0.3 is 20.3 Å². The molecule has 7 nitrogen and oxygen atoms in total. The van der Waals surface area contributed by atoms with Crippen LogP contribution in [-0.4, -0.2) is 49.0 Å². The van der Waals surface area contributed by atoms with Crippen LogP contribution in [0.5, 0.6) is 0 Å². The summed E-state index contributed by atoms with van der Waals surface area (Å²) < 4.78 is 18.2. The second-order valence-electron chi connectivity index (χ2n) is 5.43. The van der Waals surface area contributed by atoms with Crippen molar-refractivity contribution in [3.63, 3.8) is 0 Å². The molecule has 0 radical (unpaired) electrons. The normalized spacial score (nSPS) is 19.9. The lowest BCUT2D eigenvalue weighted by Gasteiger charge is -2.25. The van der Waals surface area contributed by atoms with Gasteiger partial charge in [0.05, 0.1) is 12.5 Å². The number of hydrogen-bond acceptors (Lipinski definition) is 4. The first kappa shape index (κ1) is 15.3. The van der Waals surface area contributed by atoms with E-state index in [9.17, 15) is 18.8 Å². The van der Waals surface area contributed by atoms with E-state index >= 15 is 0 Å². The molecule has 0 aromatic heterocycles. The van der Waals surface area contributed by atoms with E-state index in [4.69, 9.17) is 4.74 Å². The van der Waals surface area contributed by atoms with Gasteiger partial charge in [-0.15, -0.1) is 0 Å². The lowest BCUT2D eigenvalue weighted by Crippen LogP contribution is -2.39. The first-order chi connectivity index (χ1) is 11.0. The summed E-state index contributed by atoms with van der Waals surface area (Å²) in [6.07, 6.45) is -0.433. The van der Waals surface area contributed by atoms with Gasteiger partial charge in [-0.2, -0.15) is 0 Å². The maximum absolute atomic E-state index is 13.4. The van der Waals surface area contributed by atoms with Crippen LogP contribution in [0.4, 0.5) is 14.9 Å². The van der Waals surface area contributed by atoms with Crippen LogP contribution in [0.1, 0.15) is 17.9 Å². The summed E-state index contributed by atoms with van der Waals surface area (Å²) in [5.74, 6) is -1.84. The van der Waals surface area contributed by atoms with Gasteiger partial charge in [-0.1, -0.05) is 0 Å². The molecule has 3 rings (SSSR count). The average Bonchev–Trinajstić information content (AvgIpc) is 2.92. The summed E-state index contributed by atoms with van der Waals surface area (Å²) in [5, 5.41) is 5.31. The van der Waals surface area contributed by atoms with Crippen molar-refractivity contribution in [2.45, 2.75) is 12.3 Å². The Bertz CT molecular complexity index is 664. The minimum Gasteiger partial charge on any atom is -0.448 e.